The van der Waals surface area contributed by atoms with E-state index in [9.17, 15) is 4.79 Å². The smallest absolute Gasteiger partial charge is 0.319 e. The van der Waals surface area contributed by atoms with Gasteiger partial charge in [-0.25, -0.2) is 4.79 Å². The highest BCUT2D eigenvalue weighted by atomic mass is 16.2. The molecule has 2 aliphatic rings. The Kier molecular flexibility index (Phi) is 4.26. The Balaban J connectivity index is 1.84. The first-order chi connectivity index (χ1) is 8.22. The summed E-state index contributed by atoms with van der Waals surface area (Å²) in [4.78, 5) is 18.4. The molecule has 0 saturated carbocycles. The maximum atomic E-state index is 12.0. The topological polar surface area (TPSA) is 26.8 Å². The molecule has 0 aromatic carbocycles. The molecule has 4 nitrogen and oxygen atoms in total. The molecule has 0 spiro atoms. The monoisotopic (exact) mass is 239 g/mol. The van der Waals surface area contributed by atoms with Gasteiger partial charge in [0.05, 0.1) is 0 Å². The van der Waals surface area contributed by atoms with Crippen molar-refractivity contribution in [1.82, 2.24) is 14.7 Å². The molecule has 98 valence electrons. The summed E-state index contributed by atoms with van der Waals surface area (Å²) < 4.78 is 0. The zero-order valence-corrected chi connectivity index (χ0v) is 11.2. The number of urea groups is 1. The number of rotatable bonds is 2. The molecule has 0 aliphatic carbocycles. The molecule has 17 heavy (non-hydrogen) atoms. The summed E-state index contributed by atoms with van der Waals surface area (Å²) in [6.45, 7) is 7.15. The Bertz CT molecular complexity index is 263. The van der Waals surface area contributed by atoms with Gasteiger partial charge < -0.3 is 9.80 Å². The van der Waals surface area contributed by atoms with E-state index in [0.29, 0.717) is 6.04 Å². The van der Waals surface area contributed by atoms with Gasteiger partial charge in [-0.1, -0.05) is 6.42 Å². The van der Waals surface area contributed by atoms with Gasteiger partial charge in [-0.2, -0.15) is 0 Å². The van der Waals surface area contributed by atoms with Crippen molar-refractivity contribution < 1.29 is 4.79 Å². The van der Waals surface area contributed by atoms with E-state index in [1.165, 1.54) is 32.4 Å². The lowest BCUT2D eigenvalue weighted by Gasteiger charge is -2.32. The zero-order valence-electron chi connectivity index (χ0n) is 11.2. The van der Waals surface area contributed by atoms with Gasteiger partial charge in [0.25, 0.3) is 0 Å². The molecule has 2 amide bonds. The molecule has 0 radical (unpaired) electrons. The minimum Gasteiger partial charge on any atom is -0.328 e. The molecule has 1 atom stereocenters. The third-order valence-electron chi connectivity index (χ3n) is 4.14. The largest absolute Gasteiger partial charge is 0.328 e. The molecule has 0 aromatic heterocycles. The highest BCUT2D eigenvalue weighted by Crippen LogP contribution is 2.20. The molecule has 0 aromatic rings. The van der Waals surface area contributed by atoms with Crippen LogP contribution in [0, 0.1) is 0 Å². The number of likely N-dealkylation sites (tertiary alicyclic amines) is 2. The molecule has 2 heterocycles. The fraction of sp³-hybridized carbons (Fsp3) is 0.923. The van der Waals surface area contributed by atoms with Gasteiger partial charge in [-0.15, -0.1) is 0 Å². The highest BCUT2D eigenvalue weighted by molar-refractivity contribution is 5.74. The Morgan fingerprint density at radius 1 is 1.24 bits per heavy atom. The van der Waals surface area contributed by atoms with Crippen LogP contribution in [-0.2, 0) is 0 Å². The molecule has 2 fully saturated rings. The van der Waals surface area contributed by atoms with E-state index in [4.69, 9.17) is 0 Å². The fourth-order valence-electron chi connectivity index (χ4n) is 2.87. The molecule has 0 bridgehead atoms. The van der Waals surface area contributed by atoms with Gasteiger partial charge in [0.2, 0.25) is 0 Å². The van der Waals surface area contributed by atoms with Crippen LogP contribution < -0.4 is 0 Å². The molecule has 2 aliphatic heterocycles. The van der Waals surface area contributed by atoms with E-state index in [-0.39, 0.29) is 6.03 Å². The molecule has 1 unspecified atom stereocenters. The van der Waals surface area contributed by atoms with Crippen molar-refractivity contribution in [3.63, 3.8) is 0 Å². The van der Waals surface area contributed by atoms with Crippen molar-refractivity contribution >= 4 is 6.03 Å². The standard InChI is InChI=1S/C13H25N3O/c1-3-14(2)13(17)16-10-7-12(11-16)15-8-5-4-6-9-15/h12H,3-11H2,1-2H3. The number of hydrogen-bond acceptors (Lipinski definition) is 2. The van der Waals surface area contributed by atoms with Crippen LogP contribution in [-0.4, -0.2) is 66.5 Å². The lowest BCUT2D eigenvalue weighted by Crippen LogP contribution is -2.44. The van der Waals surface area contributed by atoms with E-state index < -0.39 is 0 Å². The molecule has 2 saturated heterocycles. The summed E-state index contributed by atoms with van der Waals surface area (Å²) in [6, 6.07) is 0.816. The van der Waals surface area contributed by atoms with Crippen LogP contribution in [0.4, 0.5) is 4.79 Å². The van der Waals surface area contributed by atoms with Gasteiger partial charge in [-0.3, -0.25) is 4.90 Å². The number of carbonyl (C=O) groups excluding carboxylic acids is 1. The highest BCUT2D eigenvalue weighted by Gasteiger charge is 2.31. The Hall–Kier alpha value is -0.770. The molecule has 0 N–H and O–H groups in total. The van der Waals surface area contributed by atoms with E-state index in [1.54, 1.807) is 4.90 Å². The predicted octanol–water partition coefficient (Wildman–Crippen LogP) is 1.62. The maximum Gasteiger partial charge on any atom is 0.319 e. The number of hydrogen-bond donors (Lipinski definition) is 0. The first kappa shape index (κ1) is 12.7. The second kappa shape index (κ2) is 5.71. The second-order valence-corrected chi connectivity index (χ2v) is 5.28. The van der Waals surface area contributed by atoms with Crippen LogP contribution in [0.25, 0.3) is 0 Å². The third kappa shape index (κ3) is 2.92. The minimum absolute atomic E-state index is 0.201. The number of carbonyl (C=O) groups is 1. The maximum absolute atomic E-state index is 12.0. The summed E-state index contributed by atoms with van der Waals surface area (Å²) in [5.41, 5.74) is 0. The SMILES string of the molecule is CCN(C)C(=O)N1CCC(N2CCCCC2)C1. The lowest BCUT2D eigenvalue weighted by atomic mass is 10.1. The predicted molar refractivity (Wildman–Crippen MR) is 69.1 cm³/mol. The average molecular weight is 239 g/mol. The number of amides is 2. The summed E-state index contributed by atoms with van der Waals surface area (Å²) >= 11 is 0. The lowest BCUT2D eigenvalue weighted by molar-refractivity contribution is 0.151. The summed E-state index contributed by atoms with van der Waals surface area (Å²) in [5.74, 6) is 0. The van der Waals surface area contributed by atoms with Gasteiger partial charge in [0, 0.05) is 32.7 Å². The van der Waals surface area contributed by atoms with Crippen LogP contribution in [0.3, 0.4) is 0 Å². The Morgan fingerprint density at radius 3 is 2.59 bits per heavy atom. The zero-order chi connectivity index (χ0) is 12.3. The van der Waals surface area contributed by atoms with Crippen LogP contribution in [0.2, 0.25) is 0 Å². The van der Waals surface area contributed by atoms with Crippen molar-refractivity contribution in [3.8, 4) is 0 Å². The van der Waals surface area contributed by atoms with Crippen LogP contribution >= 0.6 is 0 Å². The van der Waals surface area contributed by atoms with E-state index in [1.807, 2.05) is 18.9 Å². The first-order valence-corrected chi connectivity index (χ1v) is 6.96. The second-order valence-electron chi connectivity index (χ2n) is 5.28. The molecular formula is C13H25N3O. The molecular weight excluding hydrogens is 214 g/mol. The molecule has 2 rings (SSSR count). The van der Waals surface area contributed by atoms with Crippen LogP contribution in [0.5, 0.6) is 0 Å². The van der Waals surface area contributed by atoms with Gasteiger partial charge in [0.15, 0.2) is 0 Å². The fourth-order valence-corrected chi connectivity index (χ4v) is 2.87. The van der Waals surface area contributed by atoms with E-state index in [2.05, 4.69) is 4.90 Å². The quantitative estimate of drug-likeness (QED) is 0.732. The van der Waals surface area contributed by atoms with Crippen molar-refractivity contribution in [3.05, 3.63) is 0 Å². The Morgan fingerprint density at radius 2 is 1.94 bits per heavy atom. The van der Waals surface area contributed by atoms with Crippen LogP contribution in [0.1, 0.15) is 32.6 Å². The van der Waals surface area contributed by atoms with Crippen molar-refractivity contribution in [2.24, 2.45) is 0 Å². The van der Waals surface area contributed by atoms with Gasteiger partial charge >= 0.3 is 6.03 Å². The number of piperidine rings is 1. The van der Waals surface area contributed by atoms with E-state index in [0.717, 1.165) is 26.1 Å². The number of nitrogens with zero attached hydrogens (tertiary/aromatic N) is 3. The van der Waals surface area contributed by atoms with E-state index >= 15 is 0 Å². The summed E-state index contributed by atoms with van der Waals surface area (Å²) in [6.07, 6.45) is 5.20. The minimum atomic E-state index is 0.201. The third-order valence-corrected chi connectivity index (χ3v) is 4.14. The van der Waals surface area contributed by atoms with Crippen molar-refractivity contribution in [2.45, 2.75) is 38.6 Å². The normalized spacial score (nSPS) is 26.2. The summed E-state index contributed by atoms with van der Waals surface area (Å²) in [5, 5.41) is 0. The van der Waals surface area contributed by atoms with Crippen LogP contribution in [0.15, 0.2) is 0 Å². The average Bonchev–Trinajstić information content (AvgIpc) is 2.87. The van der Waals surface area contributed by atoms with Crippen molar-refractivity contribution in [1.29, 1.82) is 0 Å². The first-order valence-electron chi connectivity index (χ1n) is 6.96. The van der Waals surface area contributed by atoms with Crippen molar-refractivity contribution in [2.75, 3.05) is 39.8 Å². The molecule has 4 heteroatoms. The Labute approximate surface area is 105 Å². The van der Waals surface area contributed by atoms with Gasteiger partial charge in [-0.05, 0) is 39.3 Å². The summed E-state index contributed by atoms with van der Waals surface area (Å²) in [7, 11) is 1.89. The van der Waals surface area contributed by atoms with Gasteiger partial charge in [0.1, 0.15) is 0 Å².